The Labute approximate surface area is 127 Å². The highest BCUT2D eigenvalue weighted by molar-refractivity contribution is 4.83. The molecule has 1 saturated carbocycles. The first-order chi connectivity index (χ1) is 9.62. The molecular weight excluding hydrogens is 244 g/mol. The predicted molar refractivity (Wildman–Crippen MR) is 90.2 cm³/mol. The minimum Gasteiger partial charge on any atom is -0.315 e. The molecule has 1 fully saturated rings. The third-order valence-electron chi connectivity index (χ3n) is 5.08. The van der Waals surface area contributed by atoms with Gasteiger partial charge in [-0.3, -0.25) is 4.90 Å². The third kappa shape index (κ3) is 5.73. The van der Waals surface area contributed by atoms with E-state index in [-0.39, 0.29) is 0 Å². The minimum absolute atomic E-state index is 0.689. The van der Waals surface area contributed by atoms with Crippen LogP contribution in [0.3, 0.4) is 0 Å². The molecule has 0 amide bonds. The van der Waals surface area contributed by atoms with E-state index in [0.717, 1.165) is 17.9 Å². The van der Waals surface area contributed by atoms with Gasteiger partial charge in [-0.1, -0.05) is 47.0 Å². The third-order valence-corrected chi connectivity index (χ3v) is 5.08. The Kier molecular flexibility index (Phi) is 8.79. The maximum atomic E-state index is 3.64. The SMILES string of the molecule is CCC(CC)N(CC(C)C)CC(NC)C1CCCCC1. The van der Waals surface area contributed by atoms with Gasteiger partial charge in [0.2, 0.25) is 0 Å². The lowest BCUT2D eigenvalue weighted by molar-refractivity contribution is 0.125. The van der Waals surface area contributed by atoms with Crippen LogP contribution in [0.2, 0.25) is 0 Å². The summed E-state index contributed by atoms with van der Waals surface area (Å²) in [6.07, 6.45) is 9.77. The van der Waals surface area contributed by atoms with Gasteiger partial charge in [0.15, 0.2) is 0 Å². The summed E-state index contributed by atoms with van der Waals surface area (Å²) in [6.45, 7) is 11.9. The van der Waals surface area contributed by atoms with Gasteiger partial charge in [0.1, 0.15) is 0 Å². The Morgan fingerprint density at radius 2 is 1.60 bits per heavy atom. The Bertz CT molecular complexity index is 230. The van der Waals surface area contributed by atoms with E-state index in [1.54, 1.807) is 0 Å². The molecule has 120 valence electrons. The van der Waals surface area contributed by atoms with Crippen LogP contribution in [0.15, 0.2) is 0 Å². The van der Waals surface area contributed by atoms with Gasteiger partial charge in [-0.05, 0) is 44.6 Å². The fourth-order valence-electron chi connectivity index (χ4n) is 3.91. The summed E-state index contributed by atoms with van der Waals surface area (Å²) in [5.74, 6) is 1.66. The van der Waals surface area contributed by atoms with Gasteiger partial charge in [-0.25, -0.2) is 0 Å². The first kappa shape index (κ1) is 18.0. The Hall–Kier alpha value is -0.0800. The standard InChI is InChI=1S/C18H38N2/c1-6-17(7-2)20(13-15(3)4)14-18(19-5)16-11-9-8-10-12-16/h15-19H,6-14H2,1-5H3. The van der Waals surface area contributed by atoms with Crippen LogP contribution < -0.4 is 5.32 Å². The topological polar surface area (TPSA) is 15.3 Å². The number of hydrogen-bond donors (Lipinski definition) is 1. The molecule has 2 nitrogen and oxygen atoms in total. The molecule has 0 bridgehead atoms. The van der Waals surface area contributed by atoms with Crippen molar-refractivity contribution in [3.63, 3.8) is 0 Å². The Morgan fingerprint density at radius 3 is 2.05 bits per heavy atom. The second-order valence-electron chi connectivity index (χ2n) is 7.11. The number of likely N-dealkylation sites (N-methyl/N-ethyl adjacent to an activating group) is 1. The zero-order valence-electron chi connectivity index (χ0n) is 14.6. The zero-order chi connectivity index (χ0) is 15.0. The van der Waals surface area contributed by atoms with Gasteiger partial charge in [-0.2, -0.15) is 0 Å². The van der Waals surface area contributed by atoms with Crippen LogP contribution in [0.25, 0.3) is 0 Å². The average molecular weight is 283 g/mol. The van der Waals surface area contributed by atoms with Crippen molar-refractivity contribution in [1.29, 1.82) is 0 Å². The highest BCUT2D eigenvalue weighted by atomic mass is 15.2. The molecule has 0 aromatic rings. The van der Waals surface area contributed by atoms with Gasteiger partial charge < -0.3 is 5.32 Å². The van der Waals surface area contributed by atoms with Crippen molar-refractivity contribution >= 4 is 0 Å². The summed E-state index contributed by atoms with van der Waals surface area (Å²) in [5.41, 5.74) is 0. The number of hydrogen-bond acceptors (Lipinski definition) is 2. The summed E-state index contributed by atoms with van der Waals surface area (Å²) in [4.78, 5) is 2.76. The lowest BCUT2D eigenvalue weighted by Gasteiger charge is -2.38. The van der Waals surface area contributed by atoms with Crippen LogP contribution >= 0.6 is 0 Å². The highest BCUT2D eigenvalue weighted by Gasteiger charge is 2.26. The average Bonchev–Trinajstić information content (AvgIpc) is 2.46. The predicted octanol–water partition coefficient (Wildman–Crippen LogP) is 4.30. The fourth-order valence-corrected chi connectivity index (χ4v) is 3.91. The van der Waals surface area contributed by atoms with E-state index in [4.69, 9.17) is 0 Å². The van der Waals surface area contributed by atoms with Gasteiger partial charge in [0.05, 0.1) is 0 Å². The quantitative estimate of drug-likeness (QED) is 0.678. The summed E-state index contributed by atoms with van der Waals surface area (Å²) in [5, 5.41) is 3.64. The molecule has 0 aliphatic heterocycles. The summed E-state index contributed by atoms with van der Waals surface area (Å²) in [7, 11) is 2.17. The molecule has 1 rings (SSSR count). The first-order valence-corrected chi connectivity index (χ1v) is 9.03. The van der Waals surface area contributed by atoms with Gasteiger partial charge in [-0.15, -0.1) is 0 Å². The van der Waals surface area contributed by atoms with Gasteiger partial charge >= 0.3 is 0 Å². The Morgan fingerprint density at radius 1 is 1.00 bits per heavy atom. The number of nitrogens with zero attached hydrogens (tertiary/aromatic N) is 1. The van der Waals surface area contributed by atoms with Crippen LogP contribution in [0.1, 0.15) is 72.6 Å². The fraction of sp³-hybridized carbons (Fsp3) is 1.00. The van der Waals surface area contributed by atoms with Gasteiger partial charge in [0.25, 0.3) is 0 Å². The van der Waals surface area contributed by atoms with Crippen LogP contribution in [-0.2, 0) is 0 Å². The zero-order valence-corrected chi connectivity index (χ0v) is 14.6. The Balaban J connectivity index is 2.63. The monoisotopic (exact) mass is 282 g/mol. The minimum atomic E-state index is 0.689. The van der Waals surface area contributed by atoms with E-state index < -0.39 is 0 Å². The molecule has 0 aromatic carbocycles. The van der Waals surface area contributed by atoms with E-state index in [2.05, 4.69) is 45.0 Å². The van der Waals surface area contributed by atoms with Crippen LogP contribution in [0, 0.1) is 11.8 Å². The molecule has 1 aliphatic rings. The van der Waals surface area contributed by atoms with Crippen molar-refractivity contribution in [3.8, 4) is 0 Å². The maximum Gasteiger partial charge on any atom is 0.0220 e. The van der Waals surface area contributed by atoms with Crippen molar-refractivity contribution in [3.05, 3.63) is 0 Å². The van der Waals surface area contributed by atoms with Gasteiger partial charge in [0, 0.05) is 25.2 Å². The van der Waals surface area contributed by atoms with Crippen molar-refractivity contribution < 1.29 is 0 Å². The molecule has 1 unspecified atom stereocenters. The molecule has 1 atom stereocenters. The van der Waals surface area contributed by atoms with Crippen LogP contribution in [0.4, 0.5) is 0 Å². The van der Waals surface area contributed by atoms with Crippen LogP contribution in [-0.4, -0.2) is 37.1 Å². The lowest BCUT2D eigenvalue weighted by atomic mass is 9.83. The normalized spacial score (nSPS) is 19.2. The smallest absolute Gasteiger partial charge is 0.0220 e. The van der Waals surface area contributed by atoms with E-state index in [1.807, 2.05) is 0 Å². The molecular formula is C18H38N2. The summed E-state index contributed by atoms with van der Waals surface area (Å²) in [6, 6.07) is 1.45. The largest absolute Gasteiger partial charge is 0.315 e. The molecule has 1 N–H and O–H groups in total. The lowest BCUT2D eigenvalue weighted by Crippen LogP contribution is -2.49. The van der Waals surface area contributed by atoms with Crippen molar-refractivity contribution in [1.82, 2.24) is 10.2 Å². The molecule has 0 saturated heterocycles. The molecule has 0 heterocycles. The van der Waals surface area contributed by atoms with Crippen molar-refractivity contribution in [2.75, 3.05) is 20.1 Å². The first-order valence-electron chi connectivity index (χ1n) is 9.03. The summed E-state index contributed by atoms with van der Waals surface area (Å²) < 4.78 is 0. The van der Waals surface area contributed by atoms with Crippen molar-refractivity contribution in [2.24, 2.45) is 11.8 Å². The van der Waals surface area contributed by atoms with E-state index in [9.17, 15) is 0 Å². The van der Waals surface area contributed by atoms with Crippen molar-refractivity contribution in [2.45, 2.75) is 84.7 Å². The molecule has 2 heteroatoms. The molecule has 0 radical (unpaired) electrons. The summed E-state index contributed by atoms with van der Waals surface area (Å²) >= 11 is 0. The molecule has 0 aromatic heterocycles. The molecule has 20 heavy (non-hydrogen) atoms. The van der Waals surface area contributed by atoms with E-state index >= 15 is 0 Å². The van der Waals surface area contributed by atoms with E-state index in [0.29, 0.717) is 6.04 Å². The second kappa shape index (κ2) is 9.78. The van der Waals surface area contributed by atoms with E-state index in [1.165, 1.54) is 58.0 Å². The highest BCUT2D eigenvalue weighted by Crippen LogP contribution is 2.27. The molecule has 0 spiro atoms. The molecule has 1 aliphatic carbocycles. The maximum absolute atomic E-state index is 3.64. The number of rotatable bonds is 9. The number of nitrogens with one attached hydrogen (secondary N) is 1. The van der Waals surface area contributed by atoms with Crippen LogP contribution in [0.5, 0.6) is 0 Å². The second-order valence-corrected chi connectivity index (χ2v) is 7.11.